The van der Waals surface area contributed by atoms with Gasteiger partial charge in [-0.3, -0.25) is 4.79 Å². The Morgan fingerprint density at radius 1 is 1.18 bits per heavy atom. The first kappa shape index (κ1) is 16.2. The third-order valence-corrected chi connectivity index (χ3v) is 3.13. The van der Waals surface area contributed by atoms with E-state index in [9.17, 15) is 4.79 Å². The van der Waals surface area contributed by atoms with Crippen LogP contribution in [0.2, 0.25) is 5.02 Å². The maximum atomic E-state index is 12.2. The van der Waals surface area contributed by atoms with Gasteiger partial charge in [-0.05, 0) is 44.2 Å². The van der Waals surface area contributed by atoms with Crippen molar-refractivity contribution in [1.82, 2.24) is 0 Å². The van der Waals surface area contributed by atoms with Crippen molar-refractivity contribution >= 4 is 23.2 Å². The first-order chi connectivity index (χ1) is 10.6. The van der Waals surface area contributed by atoms with Gasteiger partial charge in [-0.15, -0.1) is 0 Å². The molecule has 22 heavy (non-hydrogen) atoms. The highest BCUT2D eigenvalue weighted by Gasteiger charge is 2.15. The van der Waals surface area contributed by atoms with Crippen LogP contribution in [-0.4, -0.2) is 18.6 Å². The van der Waals surface area contributed by atoms with Crippen molar-refractivity contribution in [2.24, 2.45) is 0 Å². The highest BCUT2D eigenvalue weighted by atomic mass is 35.5. The molecule has 0 saturated carbocycles. The normalized spacial score (nSPS) is 11.6. The molecule has 2 aromatic carbocycles. The van der Waals surface area contributed by atoms with Gasteiger partial charge in [0.05, 0.1) is 6.61 Å². The van der Waals surface area contributed by atoms with Crippen LogP contribution in [0.5, 0.6) is 11.5 Å². The van der Waals surface area contributed by atoms with E-state index in [1.54, 1.807) is 43.3 Å². The molecule has 1 atom stereocenters. The summed E-state index contributed by atoms with van der Waals surface area (Å²) in [6.45, 7) is 4.17. The van der Waals surface area contributed by atoms with E-state index in [-0.39, 0.29) is 5.91 Å². The van der Waals surface area contributed by atoms with Crippen molar-refractivity contribution in [3.05, 3.63) is 53.6 Å². The van der Waals surface area contributed by atoms with Gasteiger partial charge < -0.3 is 14.8 Å². The monoisotopic (exact) mass is 319 g/mol. The molecule has 0 fully saturated rings. The van der Waals surface area contributed by atoms with Gasteiger partial charge in [-0.2, -0.15) is 0 Å². The van der Waals surface area contributed by atoms with Crippen molar-refractivity contribution in [3.8, 4) is 11.5 Å². The number of carbonyl (C=O) groups excluding carboxylic acids is 1. The van der Waals surface area contributed by atoms with E-state index >= 15 is 0 Å². The van der Waals surface area contributed by atoms with E-state index in [2.05, 4.69) is 5.32 Å². The number of anilines is 1. The zero-order valence-corrected chi connectivity index (χ0v) is 13.3. The lowest BCUT2D eigenvalue weighted by Crippen LogP contribution is -2.30. The standard InChI is InChI=1S/C17H18ClNO3/c1-3-21-15-8-5-7-14(11-15)19-17(20)12(2)22-16-9-4-6-13(18)10-16/h4-12H,3H2,1-2H3,(H,19,20)/t12-/m1/s1. The molecule has 0 heterocycles. The second-order valence-corrected chi connectivity index (χ2v) is 5.10. The molecule has 5 heteroatoms. The highest BCUT2D eigenvalue weighted by Crippen LogP contribution is 2.20. The van der Waals surface area contributed by atoms with Crippen LogP contribution in [0.1, 0.15) is 13.8 Å². The Balaban J connectivity index is 1.97. The third kappa shape index (κ3) is 4.67. The molecule has 4 nitrogen and oxygen atoms in total. The number of nitrogens with one attached hydrogen (secondary N) is 1. The molecule has 0 bridgehead atoms. The van der Waals surface area contributed by atoms with Crippen molar-refractivity contribution in [2.45, 2.75) is 20.0 Å². The minimum Gasteiger partial charge on any atom is -0.494 e. The van der Waals surface area contributed by atoms with Gasteiger partial charge in [0, 0.05) is 16.8 Å². The summed E-state index contributed by atoms with van der Waals surface area (Å²) < 4.78 is 11.0. The van der Waals surface area contributed by atoms with E-state index in [1.165, 1.54) is 0 Å². The van der Waals surface area contributed by atoms with E-state index in [0.717, 1.165) is 0 Å². The minimum absolute atomic E-state index is 0.242. The quantitative estimate of drug-likeness (QED) is 0.870. The van der Waals surface area contributed by atoms with Crippen LogP contribution in [-0.2, 0) is 4.79 Å². The average molecular weight is 320 g/mol. The Morgan fingerprint density at radius 3 is 2.64 bits per heavy atom. The van der Waals surface area contributed by atoms with E-state index in [0.29, 0.717) is 28.8 Å². The van der Waals surface area contributed by atoms with Crippen molar-refractivity contribution < 1.29 is 14.3 Å². The minimum atomic E-state index is -0.644. The van der Waals surface area contributed by atoms with Crippen LogP contribution in [0.15, 0.2) is 48.5 Å². The summed E-state index contributed by atoms with van der Waals surface area (Å²) in [5.74, 6) is 1.02. The van der Waals surface area contributed by atoms with Gasteiger partial charge in [-0.1, -0.05) is 23.7 Å². The van der Waals surface area contributed by atoms with Crippen LogP contribution in [0.4, 0.5) is 5.69 Å². The fourth-order valence-electron chi connectivity index (χ4n) is 1.87. The van der Waals surface area contributed by atoms with Crippen LogP contribution in [0.25, 0.3) is 0 Å². The summed E-state index contributed by atoms with van der Waals surface area (Å²) in [5, 5.41) is 3.36. The molecule has 0 aliphatic rings. The van der Waals surface area contributed by atoms with Gasteiger partial charge in [0.25, 0.3) is 5.91 Å². The smallest absolute Gasteiger partial charge is 0.265 e. The van der Waals surface area contributed by atoms with Gasteiger partial charge >= 0.3 is 0 Å². The molecular weight excluding hydrogens is 302 g/mol. The average Bonchev–Trinajstić information content (AvgIpc) is 2.48. The summed E-state index contributed by atoms with van der Waals surface area (Å²) in [7, 11) is 0. The van der Waals surface area contributed by atoms with Crippen molar-refractivity contribution in [1.29, 1.82) is 0 Å². The van der Waals surface area contributed by atoms with E-state index < -0.39 is 6.10 Å². The molecule has 0 radical (unpaired) electrons. The molecular formula is C17H18ClNO3. The molecule has 0 aliphatic carbocycles. The summed E-state index contributed by atoms with van der Waals surface area (Å²) >= 11 is 5.89. The second-order valence-electron chi connectivity index (χ2n) is 4.67. The first-order valence-corrected chi connectivity index (χ1v) is 7.42. The molecule has 2 rings (SSSR count). The molecule has 1 amide bonds. The van der Waals surface area contributed by atoms with Crippen molar-refractivity contribution in [3.63, 3.8) is 0 Å². The van der Waals surface area contributed by atoms with Crippen LogP contribution < -0.4 is 14.8 Å². The predicted octanol–water partition coefficient (Wildman–Crippen LogP) is 4.14. The molecule has 1 N–H and O–H groups in total. The lowest BCUT2D eigenvalue weighted by molar-refractivity contribution is -0.122. The highest BCUT2D eigenvalue weighted by molar-refractivity contribution is 6.30. The van der Waals surface area contributed by atoms with Crippen LogP contribution >= 0.6 is 11.6 Å². The zero-order valence-electron chi connectivity index (χ0n) is 12.5. The number of halogens is 1. The third-order valence-electron chi connectivity index (χ3n) is 2.89. The maximum Gasteiger partial charge on any atom is 0.265 e. The Morgan fingerprint density at radius 2 is 1.91 bits per heavy atom. The Hall–Kier alpha value is -2.20. The predicted molar refractivity (Wildman–Crippen MR) is 87.8 cm³/mol. The summed E-state index contributed by atoms with van der Waals surface area (Å²) in [6.07, 6.45) is -0.644. The van der Waals surface area contributed by atoms with Gasteiger partial charge in [0.1, 0.15) is 11.5 Å². The molecule has 0 saturated heterocycles. The number of rotatable bonds is 6. The summed E-state index contributed by atoms with van der Waals surface area (Å²) in [6, 6.07) is 14.2. The molecule has 2 aromatic rings. The first-order valence-electron chi connectivity index (χ1n) is 7.04. The Labute approximate surface area is 135 Å². The van der Waals surface area contributed by atoms with E-state index in [4.69, 9.17) is 21.1 Å². The molecule has 0 aliphatic heterocycles. The zero-order chi connectivity index (χ0) is 15.9. The number of amides is 1. The maximum absolute atomic E-state index is 12.2. The van der Waals surface area contributed by atoms with Crippen LogP contribution in [0.3, 0.4) is 0 Å². The number of ether oxygens (including phenoxy) is 2. The largest absolute Gasteiger partial charge is 0.494 e. The molecule has 116 valence electrons. The Bertz CT molecular complexity index is 645. The van der Waals surface area contributed by atoms with Gasteiger partial charge in [-0.25, -0.2) is 0 Å². The lowest BCUT2D eigenvalue weighted by atomic mass is 10.2. The molecule has 0 aromatic heterocycles. The number of hydrogen-bond donors (Lipinski definition) is 1. The summed E-state index contributed by atoms with van der Waals surface area (Å²) in [4.78, 5) is 12.2. The van der Waals surface area contributed by atoms with Crippen molar-refractivity contribution in [2.75, 3.05) is 11.9 Å². The number of carbonyl (C=O) groups is 1. The number of benzene rings is 2. The second kappa shape index (κ2) is 7.71. The van der Waals surface area contributed by atoms with E-state index in [1.807, 2.05) is 19.1 Å². The molecule has 0 spiro atoms. The SMILES string of the molecule is CCOc1cccc(NC(=O)[C@@H](C)Oc2cccc(Cl)c2)c1. The fourth-order valence-corrected chi connectivity index (χ4v) is 2.05. The van der Waals surface area contributed by atoms with Crippen LogP contribution in [0, 0.1) is 0 Å². The molecule has 0 unspecified atom stereocenters. The van der Waals surface area contributed by atoms with Gasteiger partial charge in [0.15, 0.2) is 6.10 Å². The topological polar surface area (TPSA) is 47.6 Å². The lowest BCUT2D eigenvalue weighted by Gasteiger charge is -2.15. The fraction of sp³-hybridized carbons (Fsp3) is 0.235. The number of hydrogen-bond acceptors (Lipinski definition) is 3. The summed E-state index contributed by atoms with van der Waals surface area (Å²) in [5.41, 5.74) is 0.664. The van der Waals surface area contributed by atoms with Gasteiger partial charge in [0.2, 0.25) is 0 Å². The Kier molecular flexibility index (Phi) is 5.67.